The summed E-state index contributed by atoms with van der Waals surface area (Å²) in [6.45, 7) is 9.46. The van der Waals surface area contributed by atoms with Gasteiger partial charge in [-0.05, 0) is 57.1 Å². The van der Waals surface area contributed by atoms with E-state index in [0.717, 1.165) is 37.0 Å². The van der Waals surface area contributed by atoms with Crippen LogP contribution in [0.25, 0.3) is 0 Å². The molecule has 2 rings (SSSR count). The molecule has 0 bridgehead atoms. The van der Waals surface area contributed by atoms with Gasteiger partial charge in [-0.25, -0.2) is 9.59 Å². The Morgan fingerprint density at radius 2 is 1.64 bits per heavy atom. The number of ether oxygens (including phenoxy) is 3. The van der Waals surface area contributed by atoms with E-state index in [1.807, 2.05) is 19.9 Å². The monoisotopic (exact) mass is 660 g/mol. The molecule has 1 spiro atoms. The number of aliphatic hydroxyl groups is 1. The van der Waals surface area contributed by atoms with Gasteiger partial charge >= 0.3 is 23.9 Å². The zero-order valence-electron chi connectivity index (χ0n) is 28.2. The highest BCUT2D eigenvalue weighted by molar-refractivity contribution is 5.81. The molecule has 47 heavy (non-hydrogen) atoms. The van der Waals surface area contributed by atoms with Crippen LogP contribution < -0.4 is 0 Å². The maximum absolute atomic E-state index is 12.8. The molecule has 0 saturated carbocycles. The average molecular weight is 661 g/mol. The standard InChI is InChI=1S/C36H52O11/c1-6-7-19-35(30(14-10-25(3)23-33(42)43)45-34(44)17-16-32(40)41)21-22-36(47-35)20-18-27(5)29(46-36)13-9-24(2)8-12-28(37)26(4)11-15-31(38)39/h8-12,14-15,23,26-30,37H,6-7,13,16-22H2,1-5H3,(H,38,39)(H,40,41)(H,42,43)/b12-8+,14-10+,15-11+,24-9+,25-23+/t26-,27-,28+,29+,30+,35+,36-/m0/s1. The number of carbonyl (C=O) groups excluding carboxylic acids is 1. The lowest BCUT2D eigenvalue weighted by atomic mass is 9.85. The molecule has 0 aromatic rings. The number of hydrogen-bond donors (Lipinski definition) is 4. The van der Waals surface area contributed by atoms with Gasteiger partial charge in [-0.3, -0.25) is 9.59 Å². The summed E-state index contributed by atoms with van der Waals surface area (Å²) in [7, 11) is 0. The van der Waals surface area contributed by atoms with Crippen molar-refractivity contribution in [2.24, 2.45) is 11.8 Å². The number of rotatable bonds is 18. The van der Waals surface area contributed by atoms with E-state index in [9.17, 15) is 24.3 Å². The van der Waals surface area contributed by atoms with E-state index < -0.39 is 47.5 Å². The molecule has 2 saturated heterocycles. The Hall–Kier alpha value is -3.54. The molecule has 0 aromatic heterocycles. The zero-order valence-corrected chi connectivity index (χ0v) is 28.2. The van der Waals surface area contributed by atoms with E-state index >= 15 is 0 Å². The van der Waals surface area contributed by atoms with Crippen molar-refractivity contribution in [1.29, 1.82) is 0 Å². The number of unbranched alkanes of at least 4 members (excludes halogenated alkanes) is 1. The largest absolute Gasteiger partial charge is 0.481 e. The first-order valence-corrected chi connectivity index (χ1v) is 16.4. The highest BCUT2D eigenvalue weighted by Gasteiger charge is 2.56. The van der Waals surface area contributed by atoms with Gasteiger partial charge in [0.15, 0.2) is 5.79 Å². The number of carbonyl (C=O) groups is 4. The second kappa shape index (κ2) is 18.7. The Morgan fingerprint density at radius 1 is 0.936 bits per heavy atom. The molecular formula is C36H52O11. The molecule has 2 aliphatic rings. The Morgan fingerprint density at radius 3 is 2.28 bits per heavy atom. The van der Waals surface area contributed by atoms with Gasteiger partial charge in [-0.1, -0.05) is 69.6 Å². The maximum Gasteiger partial charge on any atom is 0.328 e. The number of carboxylic acids is 3. The molecule has 0 unspecified atom stereocenters. The quantitative estimate of drug-likeness (QED) is 0.0755. The van der Waals surface area contributed by atoms with Crippen molar-refractivity contribution in [1.82, 2.24) is 0 Å². The molecule has 4 N–H and O–H groups in total. The first-order chi connectivity index (χ1) is 22.1. The van der Waals surface area contributed by atoms with Crippen molar-refractivity contribution < 1.29 is 53.8 Å². The first kappa shape index (κ1) is 39.6. The molecule has 2 fully saturated rings. The van der Waals surface area contributed by atoms with Crippen LogP contribution >= 0.6 is 0 Å². The third kappa shape index (κ3) is 13.2. The second-order valence-corrected chi connectivity index (χ2v) is 12.8. The molecule has 2 aliphatic heterocycles. The minimum atomic E-state index is -1.11. The third-order valence-corrected chi connectivity index (χ3v) is 8.77. The molecule has 11 heteroatoms. The van der Waals surface area contributed by atoms with Crippen molar-refractivity contribution >= 4 is 23.9 Å². The van der Waals surface area contributed by atoms with Crippen LogP contribution in [0.5, 0.6) is 0 Å². The van der Waals surface area contributed by atoms with Gasteiger partial charge in [0.1, 0.15) is 11.7 Å². The third-order valence-electron chi connectivity index (χ3n) is 8.77. The summed E-state index contributed by atoms with van der Waals surface area (Å²) >= 11 is 0. The lowest BCUT2D eigenvalue weighted by Gasteiger charge is -2.44. The highest BCUT2D eigenvalue weighted by atomic mass is 16.7. The fraction of sp³-hybridized carbons (Fsp3) is 0.611. The molecule has 0 radical (unpaired) electrons. The fourth-order valence-electron chi connectivity index (χ4n) is 5.85. The SMILES string of the molecule is CCCC[C@]1([C@@H](/C=C/C(C)=C/C(=O)O)OC(=O)CCC(=O)O)CC[C@]2(CC[C@H](C)[C@@H](C/C=C(C)/C=C/[C@@H](O)[C@@H](C)/C=C/C(=O)O)O2)O1. The highest BCUT2D eigenvalue weighted by Crippen LogP contribution is 2.50. The number of hydrogen-bond acceptors (Lipinski definition) is 8. The van der Waals surface area contributed by atoms with Crippen LogP contribution in [0.4, 0.5) is 0 Å². The van der Waals surface area contributed by atoms with Gasteiger partial charge in [0.25, 0.3) is 0 Å². The average Bonchev–Trinajstić information content (AvgIpc) is 3.37. The normalized spacial score (nSPS) is 27.4. The maximum atomic E-state index is 12.8. The van der Waals surface area contributed by atoms with Gasteiger partial charge < -0.3 is 34.6 Å². The van der Waals surface area contributed by atoms with E-state index in [4.69, 9.17) is 29.5 Å². The molecule has 0 aliphatic carbocycles. The Labute approximate surface area is 277 Å². The van der Waals surface area contributed by atoms with Crippen molar-refractivity contribution in [2.45, 2.75) is 129 Å². The molecule has 7 atom stereocenters. The topological polar surface area (TPSA) is 177 Å². The van der Waals surface area contributed by atoms with Crippen LogP contribution in [0, 0.1) is 11.8 Å². The first-order valence-electron chi connectivity index (χ1n) is 16.4. The van der Waals surface area contributed by atoms with Crippen molar-refractivity contribution in [2.75, 3.05) is 0 Å². The number of carboxylic acid groups (broad SMARTS) is 3. The molecule has 11 nitrogen and oxygen atoms in total. The lowest BCUT2D eigenvalue weighted by molar-refractivity contribution is -0.308. The van der Waals surface area contributed by atoms with Crippen LogP contribution in [0.1, 0.15) is 98.8 Å². The van der Waals surface area contributed by atoms with Crippen LogP contribution in [0.3, 0.4) is 0 Å². The van der Waals surface area contributed by atoms with Gasteiger partial charge in [-0.2, -0.15) is 0 Å². The Bertz CT molecular complexity index is 1250. The summed E-state index contributed by atoms with van der Waals surface area (Å²) in [5, 5.41) is 37.4. The summed E-state index contributed by atoms with van der Waals surface area (Å²) in [5.74, 6) is -4.99. The minimum Gasteiger partial charge on any atom is -0.481 e. The van der Waals surface area contributed by atoms with Gasteiger partial charge in [-0.15, -0.1) is 0 Å². The van der Waals surface area contributed by atoms with E-state index in [1.165, 1.54) is 6.08 Å². The summed E-state index contributed by atoms with van der Waals surface area (Å²) in [6, 6.07) is 0. The number of esters is 1. The van der Waals surface area contributed by atoms with Crippen LogP contribution in [0.15, 0.2) is 59.8 Å². The van der Waals surface area contributed by atoms with Crippen LogP contribution in [0.2, 0.25) is 0 Å². The number of aliphatic hydroxyl groups excluding tert-OH is 1. The van der Waals surface area contributed by atoms with Crippen LogP contribution in [-0.2, 0) is 33.4 Å². The minimum absolute atomic E-state index is 0.163. The Balaban J connectivity index is 2.28. The van der Waals surface area contributed by atoms with Gasteiger partial charge in [0.2, 0.25) is 0 Å². The summed E-state index contributed by atoms with van der Waals surface area (Å²) in [6.07, 6.45) is 15.0. The number of allylic oxidation sites excluding steroid dienone is 4. The zero-order chi connectivity index (χ0) is 35.2. The summed E-state index contributed by atoms with van der Waals surface area (Å²) < 4.78 is 19.5. The molecule has 2 heterocycles. The molecule has 0 amide bonds. The molecule has 0 aromatic carbocycles. The summed E-state index contributed by atoms with van der Waals surface area (Å²) in [5.41, 5.74) is 0.415. The molecule has 262 valence electrons. The van der Waals surface area contributed by atoms with Gasteiger partial charge in [0.05, 0.1) is 25.0 Å². The predicted molar refractivity (Wildman–Crippen MR) is 175 cm³/mol. The second-order valence-electron chi connectivity index (χ2n) is 12.8. The van der Waals surface area contributed by atoms with E-state index in [-0.39, 0.29) is 30.8 Å². The summed E-state index contributed by atoms with van der Waals surface area (Å²) in [4.78, 5) is 45.8. The predicted octanol–water partition coefficient (Wildman–Crippen LogP) is 6.13. The van der Waals surface area contributed by atoms with E-state index in [2.05, 4.69) is 6.92 Å². The van der Waals surface area contributed by atoms with Crippen LogP contribution in [-0.4, -0.2) is 74.0 Å². The van der Waals surface area contributed by atoms with Crippen molar-refractivity contribution in [3.05, 3.63) is 59.8 Å². The lowest BCUT2D eigenvalue weighted by Crippen LogP contribution is -2.50. The van der Waals surface area contributed by atoms with E-state index in [1.54, 1.807) is 38.2 Å². The Kier molecular flexibility index (Phi) is 15.8. The van der Waals surface area contributed by atoms with Crippen molar-refractivity contribution in [3.63, 3.8) is 0 Å². The smallest absolute Gasteiger partial charge is 0.328 e. The van der Waals surface area contributed by atoms with E-state index in [0.29, 0.717) is 37.7 Å². The number of aliphatic carboxylic acids is 3. The van der Waals surface area contributed by atoms with Gasteiger partial charge in [0, 0.05) is 30.9 Å². The fourth-order valence-corrected chi connectivity index (χ4v) is 5.85. The van der Waals surface area contributed by atoms with Crippen molar-refractivity contribution in [3.8, 4) is 0 Å². The molecular weight excluding hydrogens is 608 g/mol.